The average Bonchev–Trinajstić information content (AvgIpc) is 2.08. The molecule has 0 aromatic rings. The van der Waals surface area contributed by atoms with Gasteiger partial charge in [0, 0.05) is 11.3 Å². The van der Waals surface area contributed by atoms with Gasteiger partial charge in [0.1, 0.15) is 0 Å². The van der Waals surface area contributed by atoms with Crippen LogP contribution in [0.5, 0.6) is 0 Å². The molecule has 0 aromatic carbocycles. The smallest absolute Gasteiger partial charge is 0.0944 e. The van der Waals surface area contributed by atoms with E-state index < -0.39 is 11.0 Å². The van der Waals surface area contributed by atoms with E-state index in [0.29, 0.717) is 12.0 Å². The van der Waals surface area contributed by atoms with Gasteiger partial charge in [-0.1, -0.05) is 6.92 Å². The highest BCUT2D eigenvalue weighted by Gasteiger charge is 2.22. The first-order chi connectivity index (χ1) is 6.11. The summed E-state index contributed by atoms with van der Waals surface area (Å²) in [7, 11) is -0.868. The predicted molar refractivity (Wildman–Crippen MR) is 56.9 cm³/mol. The SMILES string of the molecule is CC1CNCCC1NS(=O)C(C)C. The quantitative estimate of drug-likeness (QED) is 0.708. The Labute approximate surface area is 83.3 Å². The van der Waals surface area contributed by atoms with Crippen molar-refractivity contribution in [2.45, 2.75) is 38.5 Å². The molecular weight excluding hydrogens is 184 g/mol. The van der Waals surface area contributed by atoms with E-state index in [1.54, 1.807) is 0 Å². The number of hydrogen-bond donors (Lipinski definition) is 2. The number of piperidine rings is 1. The molecule has 3 unspecified atom stereocenters. The van der Waals surface area contributed by atoms with Crippen molar-refractivity contribution in [1.82, 2.24) is 10.0 Å². The van der Waals surface area contributed by atoms with Crippen LogP contribution in [0.1, 0.15) is 27.2 Å². The van der Waals surface area contributed by atoms with E-state index in [1.165, 1.54) is 0 Å². The highest BCUT2D eigenvalue weighted by Crippen LogP contribution is 2.11. The van der Waals surface area contributed by atoms with Gasteiger partial charge in [0.05, 0.1) is 11.0 Å². The van der Waals surface area contributed by atoms with Crippen molar-refractivity contribution in [1.29, 1.82) is 0 Å². The maximum Gasteiger partial charge on any atom is 0.0944 e. The van der Waals surface area contributed by atoms with Crippen LogP contribution in [-0.2, 0) is 11.0 Å². The third-order valence-corrected chi connectivity index (χ3v) is 3.87. The Hall–Kier alpha value is 0.0700. The number of hydrogen-bond acceptors (Lipinski definition) is 2. The Kier molecular flexibility index (Phi) is 4.35. The summed E-state index contributed by atoms with van der Waals surface area (Å²) in [5, 5.41) is 3.54. The van der Waals surface area contributed by atoms with Crippen LogP contribution in [0, 0.1) is 5.92 Å². The minimum atomic E-state index is -0.868. The Bertz CT molecular complexity index is 184. The van der Waals surface area contributed by atoms with Crippen LogP contribution in [0.2, 0.25) is 0 Å². The molecule has 0 saturated carbocycles. The maximum atomic E-state index is 11.5. The molecule has 1 aliphatic rings. The van der Waals surface area contributed by atoms with Gasteiger partial charge in [-0.05, 0) is 39.3 Å². The van der Waals surface area contributed by atoms with Crippen molar-refractivity contribution in [2.75, 3.05) is 13.1 Å². The molecule has 2 N–H and O–H groups in total. The third kappa shape index (κ3) is 3.37. The number of nitrogens with one attached hydrogen (secondary N) is 2. The summed E-state index contributed by atoms with van der Waals surface area (Å²) in [6, 6.07) is 0.421. The molecule has 3 atom stereocenters. The largest absolute Gasteiger partial charge is 0.316 e. The first kappa shape index (κ1) is 11.1. The Morgan fingerprint density at radius 1 is 1.54 bits per heavy atom. The zero-order chi connectivity index (χ0) is 9.84. The van der Waals surface area contributed by atoms with E-state index in [1.807, 2.05) is 13.8 Å². The molecule has 1 fully saturated rings. The van der Waals surface area contributed by atoms with Gasteiger partial charge in [0.25, 0.3) is 0 Å². The van der Waals surface area contributed by atoms with Crippen molar-refractivity contribution in [3.05, 3.63) is 0 Å². The molecule has 4 heteroatoms. The summed E-state index contributed by atoms with van der Waals surface area (Å²) in [6.45, 7) is 8.23. The fourth-order valence-corrected chi connectivity index (χ4v) is 2.40. The van der Waals surface area contributed by atoms with Crippen LogP contribution < -0.4 is 10.0 Å². The monoisotopic (exact) mass is 204 g/mol. The molecule has 78 valence electrons. The molecule has 0 aliphatic carbocycles. The van der Waals surface area contributed by atoms with Crippen LogP contribution in [0.3, 0.4) is 0 Å². The van der Waals surface area contributed by atoms with Crippen LogP contribution >= 0.6 is 0 Å². The summed E-state index contributed by atoms with van der Waals surface area (Å²) in [5.74, 6) is 0.580. The Morgan fingerprint density at radius 3 is 2.77 bits per heavy atom. The van der Waals surface area contributed by atoms with Gasteiger partial charge in [0.2, 0.25) is 0 Å². The van der Waals surface area contributed by atoms with Gasteiger partial charge >= 0.3 is 0 Å². The Balaban J connectivity index is 2.38. The third-order valence-electron chi connectivity index (χ3n) is 2.48. The molecule has 0 spiro atoms. The molecule has 0 bridgehead atoms. The van der Waals surface area contributed by atoms with Crippen molar-refractivity contribution in [2.24, 2.45) is 5.92 Å². The zero-order valence-corrected chi connectivity index (χ0v) is 9.49. The van der Waals surface area contributed by atoms with E-state index in [2.05, 4.69) is 17.0 Å². The Morgan fingerprint density at radius 2 is 2.23 bits per heavy atom. The lowest BCUT2D eigenvalue weighted by molar-refractivity contribution is 0.331. The molecule has 1 saturated heterocycles. The topological polar surface area (TPSA) is 41.1 Å². The summed E-state index contributed by atoms with van der Waals surface area (Å²) in [4.78, 5) is 0. The first-order valence-electron chi connectivity index (χ1n) is 4.98. The number of rotatable bonds is 3. The highest BCUT2D eigenvalue weighted by atomic mass is 32.2. The van der Waals surface area contributed by atoms with Crippen LogP contribution in [0.25, 0.3) is 0 Å². The van der Waals surface area contributed by atoms with E-state index >= 15 is 0 Å². The molecule has 13 heavy (non-hydrogen) atoms. The van der Waals surface area contributed by atoms with Gasteiger partial charge in [-0.3, -0.25) is 0 Å². The summed E-state index contributed by atoms with van der Waals surface area (Å²) in [5.41, 5.74) is 0. The van der Waals surface area contributed by atoms with E-state index in [-0.39, 0.29) is 5.25 Å². The average molecular weight is 204 g/mol. The zero-order valence-electron chi connectivity index (χ0n) is 8.67. The highest BCUT2D eigenvalue weighted by molar-refractivity contribution is 7.83. The molecule has 0 amide bonds. The molecule has 0 radical (unpaired) electrons. The lowest BCUT2D eigenvalue weighted by Gasteiger charge is -2.30. The van der Waals surface area contributed by atoms with Gasteiger partial charge in [-0.2, -0.15) is 0 Å². The molecular formula is C9H20N2OS. The molecule has 3 nitrogen and oxygen atoms in total. The van der Waals surface area contributed by atoms with Gasteiger partial charge in [-0.15, -0.1) is 0 Å². The minimum absolute atomic E-state index is 0.210. The van der Waals surface area contributed by atoms with Crippen molar-refractivity contribution >= 4 is 11.0 Å². The van der Waals surface area contributed by atoms with Gasteiger partial charge in [-0.25, -0.2) is 8.93 Å². The summed E-state index contributed by atoms with van der Waals surface area (Å²) in [6.07, 6.45) is 1.08. The second-order valence-corrected chi connectivity index (χ2v) is 5.81. The van der Waals surface area contributed by atoms with E-state index in [4.69, 9.17) is 0 Å². The fourth-order valence-electron chi connectivity index (χ4n) is 1.47. The van der Waals surface area contributed by atoms with Crippen LogP contribution in [0.4, 0.5) is 0 Å². The standard InChI is InChI=1S/C9H20N2OS/c1-7(2)13(12)11-9-4-5-10-6-8(9)3/h7-11H,4-6H2,1-3H3. The summed E-state index contributed by atoms with van der Waals surface area (Å²) < 4.78 is 14.7. The van der Waals surface area contributed by atoms with Gasteiger partial charge in [0.15, 0.2) is 0 Å². The lowest BCUT2D eigenvalue weighted by Crippen LogP contribution is -2.47. The second-order valence-electron chi connectivity index (χ2n) is 4.04. The first-order valence-corrected chi connectivity index (χ1v) is 6.20. The van der Waals surface area contributed by atoms with E-state index in [0.717, 1.165) is 19.5 Å². The maximum absolute atomic E-state index is 11.5. The lowest BCUT2D eigenvalue weighted by atomic mass is 9.97. The molecule has 1 rings (SSSR count). The van der Waals surface area contributed by atoms with Crippen molar-refractivity contribution in [3.63, 3.8) is 0 Å². The van der Waals surface area contributed by atoms with Crippen molar-refractivity contribution in [3.8, 4) is 0 Å². The fraction of sp³-hybridized carbons (Fsp3) is 1.00. The molecule has 1 aliphatic heterocycles. The summed E-state index contributed by atoms with van der Waals surface area (Å²) >= 11 is 0. The normalized spacial score (nSPS) is 32.0. The van der Waals surface area contributed by atoms with Crippen molar-refractivity contribution < 1.29 is 4.21 Å². The van der Waals surface area contributed by atoms with Crippen LogP contribution in [-0.4, -0.2) is 28.6 Å². The van der Waals surface area contributed by atoms with Crippen LogP contribution in [0.15, 0.2) is 0 Å². The van der Waals surface area contributed by atoms with E-state index in [9.17, 15) is 4.21 Å². The molecule has 1 heterocycles. The second kappa shape index (κ2) is 5.08. The van der Waals surface area contributed by atoms with Gasteiger partial charge < -0.3 is 5.32 Å². The minimum Gasteiger partial charge on any atom is -0.316 e. The predicted octanol–water partition coefficient (Wildman–Crippen LogP) is 0.646. The molecule has 0 aromatic heterocycles.